The van der Waals surface area contributed by atoms with E-state index in [1.807, 2.05) is 18.3 Å². The van der Waals surface area contributed by atoms with Gasteiger partial charge >= 0.3 is 0 Å². The van der Waals surface area contributed by atoms with E-state index in [-0.39, 0.29) is 6.04 Å². The van der Waals surface area contributed by atoms with Crippen molar-refractivity contribution in [2.75, 3.05) is 6.54 Å². The highest BCUT2D eigenvalue weighted by molar-refractivity contribution is 7.10. The summed E-state index contributed by atoms with van der Waals surface area (Å²) in [6, 6.07) is 2.80. The van der Waals surface area contributed by atoms with Gasteiger partial charge in [-0.1, -0.05) is 0 Å². The molecule has 1 N–H and O–H groups in total. The van der Waals surface area contributed by atoms with Crippen LogP contribution in [0.15, 0.2) is 11.4 Å². The Labute approximate surface area is 111 Å². The van der Waals surface area contributed by atoms with Crippen molar-refractivity contribution in [1.29, 1.82) is 0 Å². The fraction of sp³-hybridized carbons (Fsp3) is 0.538. The highest BCUT2D eigenvalue weighted by atomic mass is 32.1. The van der Waals surface area contributed by atoms with Gasteiger partial charge < -0.3 is 9.88 Å². The average Bonchev–Trinajstić information content (AvgIpc) is 2.94. The van der Waals surface area contributed by atoms with Crippen LogP contribution < -0.4 is 5.32 Å². The van der Waals surface area contributed by atoms with Crippen molar-refractivity contribution < 1.29 is 0 Å². The molecule has 0 saturated carbocycles. The van der Waals surface area contributed by atoms with Gasteiger partial charge in [0.1, 0.15) is 5.82 Å². The molecule has 0 bridgehead atoms. The normalized spacial score (nSPS) is 19.2. The van der Waals surface area contributed by atoms with Gasteiger partial charge in [-0.2, -0.15) is 0 Å². The Morgan fingerprint density at radius 2 is 2.28 bits per heavy atom. The maximum absolute atomic E-state index is 4.39. The van der Waals surface area contributed by atoms with E-state index < -0.39 is 0 Å². The Hall–Kier alpha value is -1.20. The molecule has 18 heavy (non-hydrogen) atoms. The minimum atomic E-state index is 0.198. The average molecular weight is 262 g/mol. The van der Waals surface area contributed by atoms with Crippen molar-refractivity contribution in [2.24, 2.45) is 0 Å². The molecular weight excluding hydrogens is 244 g/mol. The van der Waals surface area contributed by atoms with Gasteiger partial charge in [-0.25, -0.2) is 0 Å². The summed E-state index contributed by atoms with van der Waals surface area (Å²) in [6.45, 7) is 7.39. The van der Waals surface area contributed by atoms with Crippen molar-refractivity contribution in [3.63, 3.8) is 0 Å². The number of rotatable bonds is 2. The summed E-state index contributed by atoms with van der Waals surface area (Å²) in [5.74, 6) is 2.03. The molecule has 0 spiro atoms. The molecule has 4 nitrogen and oxygen atoms in total. The predicted molar refractivity (Wildman–Crippen MR) is 73.0 cm³/mol. The lowest BCUT2D eigenvalue weighted by molar-refractivity contribution is 0.485. The van der Waals surface area contributed by atoms with Crippen molar-refractivity contribution in [1.82, 2.24) is 20.1 Å². The number of hydrogen-bond donors (Lipinski definition) is 1. The van der Waals surface area contributed by atoms with Crippen LogP contribution in [0.3, 0.4) is 0 Å². The van der Waals surface area contributed by atoms with Crippen LogP contribution in [0.25, 0.3) is 0 Å². The zero-order valence-corrected chi connectivity index (χ0v) is 11.8. The lowest BCUT2D eigenvalue weighted by Crippen LogP contribution is -2.32. The van der Waals surface area contributed by atoms with E-state index in [0.29, 0.717) is 6.04 Å². The van der Waals surface area contributed by atoms with E-state index in [2.05, 4.69) is 45.4 Å². The van der Waals surface area contributed by atoms with Crippen molar-refractivity contribution in [2.45, 2.75) is 39.3 Å². The fourth-order valence-electron chi connectivity index (χ4n) is 2.70. The predicted octanol–water partition coefficient (Wildman–Crippen LogP) is 2.46. The molecule has 2 aromatic rings. The first kappa shape index (κ1) is 11.9. The Kier molecular flexibility index (Phi) is 2.95. The Bertz CT molecular complexity index is 555. The van der Waals surface area contributed by atoms with Gasteiger partial charge in [0.25, 0.3) is 0 Å². The number of aryl methyl sites for hydroxylation is 1. The van der Waals surface area contributed by atoms with Crippen molar-refractivity contribution in [3.8, 4) is 0 Å². The highest BCUT2D eigenvalue weighted by Crippen LogP contribution is 2.32. The lowest BCUT2D eigenvalue weighted by Gasteiger charge is -2.25. The highest BCUT2D eigenvalue weighted by Gasteiger charge is 2.27. The monoisotopic (exact) mass is 262 g/mol. The Morgan fingerprint density at radius 1 is 1.44 bits per heavy atom. The molecule has 5 heteroatoms. The second-order valence-electron chi connectivity index (χ2n) is 5.01. The second kappa shape index (κ2) is 4.48. The first-order valence-corrected chi connectivity index (χ1v) is 7.27. The van der Waals surface area contributed by atoms with Crippen LogP contribution in [0, 0.1) is 6.92 Å². The number of fused-ring (bicyclic) bond motifs is 1. The van der Waals surface area contributed by atoms with Crippen LogP contribution in [0.4, 0.5) is 0 Å². The topological polar surface area (TPSA) is 42.7 Å². The van der Waals surface area contributed by atoms with Gasteiger partial charge in [0.05, 0.1) is 6.04 Å². The number of nitrogens with zero attached hydrogens (tertiary/aromatic N) is 3. The molecule has 0 amide bonds. The minimum Gasteiger partial charge on any atom is -0.311 e. The molecule has 1 unspecified atom stereocenters. The standard InChI is InChI=1S/C13H18N4S/c1-8(2)17-9(3)15-16-13(17)12-10-5-7-18-11(10)4-6-14-12/h5,7-8,12,14H,4,6H2,1-3H3. The van der Waals surface area contributed by atoms with Gasteiger partial charge in [-0.05, 0) is 44.2 Å². The smallest absolute Gasteiger partial charge is 0.155 e. The molecule has 0 aliphatic carbocycles. The van der Waals surface area contributed by atoms with Gasteiger partial charge in [-0.15, -0.1) is 21.5 Å². The molecule has 2 aromatic heterocycles. The van der Waals surface area contributed by atoms with Gasteiger partial charge in [0.2, 0.25) is 0 Å². The van der Waals surface area contributed by atoms with E-state index in [1.54, 1.807) is 0 Å². The summed E-state index contributed by atoms with van der Waals surface area (Å²) in [6.07, 6.45) is 1.12. The quantitative estimate of drug-likeness (QED) is 0.904. The summed E-state index contributed by atoms with van der Waals surface area (Å²) >= 11 is 1.85. The van der Waals surface area contributed by atoms with Gasteiger partial charge in [0, 0.05) is 17.5 Å². The zero-order chi connectivity index (χ0) is 12.7. The molecule has 0 radical (unpaired) electrons. The van der Waals surface area contributed by atoms with Crippen molar-refractivity contribution in [3.05, 3.63) is 33.5 Å². The van der Waals surface area contributed by atoms with Crippen LogP contribution in [0.5, 0.6) is 0 Å². The second-order valence-corrected chi connectivity index (χ2v) is 6.01. The molecule has 1 aliphatic heterocycles. The summed E-state index contributed by atoms with van der Waals surface area (Å²) in [4.78, 5) is 1.48. The molecular formula is C13H18N4S. The Balaban J connectivity index is 2.08. The van der Waals surface area contributed by atoms with E-state index in [0.717, 1.165) is 24.6 Å². The molecule has 0 saturated heterocycles. The van der Waals surface area contributed by atoms with E-state index >= 15 is 0 Å². The molecule has 96 valence electrons. The third kappa shape index (κ3) is 1.78. The van der Waals surface area contributed by atoms with Gasteiger partial charge in [-0.3, -0.25) is 0 Å². The largest absolute Gasteiger partial charge is 0.311 e. The SMILES string of the molecule is Cc1nnc(C2NCCc3sccc32)n1C(C)C. The first-order valence-electron chi connectivity index (χ1n) is 6.39. The molecule has 3 rings (SSSR count). The van der Waals surface area contributed by atoms with Crippen LogP contribution in [0.1, 0.15) is 48.0 Å². The molecule has 1 atom stereocenters. The lowest BCUT2D eigenvalue weighted by atomic mass is 10.0. The Morgan fingerprint density at radius 3 is 3.06 bits per heavy atom. The third-order valence-corrected chi connectivity index (χ3v) is 4.46. The van der Waals surface area contributed by atoms with Gasteiger partial charge in [0.15, 0.2) is 5.82 Å². The van der Waals surface area contributed by atoms with Crippen LogP contribution in [-0.2, 0) is 6.42 Å². The van der Waals surface area contributed by atoms with Crippen LogP contribution in [0.2, 0.25) is 0 Å². The van der Waals surface area contributed by atoms with E-state index in [4.69, 9.17) is 0 Å². The summed E-state index contributed by atoms with van der Waals surface area (Å²) < 4.78 is 2.23. The van der Waals surface area contributed by atoms with Crippen LogP contribution in [-0.4, -0.2) is 21.3 Å². The minimum absolute atomic E-state index is 0.198. The number of thiophene rings is 1. The van der Waals surface area contributed by atoms with Crippen LogP contribution >= 0.6 is 11.3 Å². The van der Waals surface area contributed by atoms with E-state index in [9.17, 15) is 0 Å². The van der Waals surface area contributed by atoms with Crippen molar-refractivity contribution >= 4 is 11.3 Å². The molecule has 3 heterocycles. The summed E-state index contributed by atoms with van der Waals surface area (Å²) in [5.41, 5.74) is 1.38. The number of nitrogens with one attached hydrogen (secondary N) is 1. The number of aromatic nitrogens is 3. The number of hydrogen-bond acceptors (Lipinski definition) is 4. The first-order chi connectivity index (χ1) is 8.68. The molecule has 0 aromatic carbocycles. The third-order valence-electron chi connectivity index (χ3n) is 3.46. The summed E-state index contributed by atoms with van der Waals surface area (Å²) in [5, 5.41) is 14.4. The summed E-state index contributed by atoms with van der Waals surface area (Å²) in [7, 11) is 0. The maximum Gasteiger partial charge on any atom is 0.155 e. The maximum atomic E-state index is 4.39. The fourth-order valence-corrected chi connectivity index (χ4v) is 3.62. The molecule has 0 fully saturated rings. The van der Waals surface area contributed by atoms with E-state index in [1.165, 1.54) is 10.4 Å². The zero-order valence-electron chi connectivity index (χ0n) is 11.0. The molecule has 1 aliphatic rings.